The van der Waals surface area contributed by atoms with E-state index in [-0.39, 0.29) is 12.0 Å². The quantitative estimate of drug-likeness (QED) is 0.792. The lowest BCUT2D eigenvalue weighted by Crippen LogP contribution is -2.47. The topological polar surface area (TPSA) is 32.8 Å². The van der Waals surface area contributed by atoms with E-state index in [0.717, 1.165) is 50.3 Å². The molecule has 0 N–H and O–H groups in total. The molecule has 3 heterocycles. The van der Waals surface area contributed by atoms with Crippen molar-refractivity contribution in [2.75, 3.05) is 19.6 Å². The van der Waals surface area contributed by atoms with Crippen LogP contribution in [0.5, 0.6) is 5.75 Å². The second-order valence-electron chi connectivity index (χ2n) is 7.80. The molecular weight excluding hydrogens is 356 g/mol. The molecule has 2 aliphatic rings. The Morgan fingerprint density at radius 2 is 1.85 bits per heavy atom. The second-order valence-corrected chi connectivity index (χ2v) is 8.80. The molecule has 4 rings (SSSR count). The van der Waals surface area contributed by atoms with Gasteiger partial charge in [-0.2, -0.15) is 0 Å². The second kappa shape index (κ2) is 8.03. The lowest BCUT2D eigenvalue weighted by atomic mass is 9.99. The van der Waals surface area contributed by atoms with Crippen LogP contribution in [0.2, 0.25) is 0 Å². The molecule has 2 aromatic rings. The van der Waals surface area contributed by atoms with Gasteiger partial charge >= 0.3 is 0 Å². The maximum Gasteiger partial charge on any atom is 0.253 e. The molecule has 4 nitrogen and oxygen atoms in total. The first-order chi connectivity index (χ1) is 13.1. The van der Waals surface area contributed by atoms with Gasteiger partial charge in [-0.3, -0.25) is 9.69 Å². The van der Waals surface area contributed by atoms with E-state index < -0.39 is 0 Å². The van der Waals surface area contributed by atoms with Gasteiger partial charge < -0.3 is 9.64 Å². The van der Waals surface area contributed by atoms with Gasteiger partial charge in [0.2, 0.25) is 0 Å². The van der Waals surface area contributed by atoms with Gasteiger partial charge in [0.25, 0.3) is 5.91 Å². The zero-order chi connectivity index (χ0) is 18.8. The lowest BCUT2D eigenvalue weighted by Gasteiger charge is -2.40. The highest BCUT2D eigenvalue weighted by molar-refractivity contribution is 7.10. The maximum atomic E-state index is 12.8. The summed E-state index contributed by atoms with van der Waals surface area (Å²) in [7, 11) is 0. The van der Waals surface area contributed by atoms with E-state index in [1.807, 2.05) is 54.3 Å². The van der Waals surface area contributed by atoms with Crippen LogP contribution >= 0.6 is 11.3 Å². The molecule has 0 aliphatic carbocycles. The van der Waals surface area contributed by atoms with Crippen LogP contribution in [0.1, 0.15) is 47.5 Å². The SMILES string of the molecule is CC(C)Oc1ccc(C(=O)N2CCC(N3CCc4sccc4C3)CC2)cc1. The van der Waals surface area contributed by atoms with Crippen molar-refractivity contribution in [3.8, 4) is 5.75 Å². The molecule has 27 heavy (non-hydrogen) atoms. The summed E-state index contributed by atoms with van der Waals surface area (Å²) in [5.41, 5.74) is 2.26. The minimum absolute atomic E-state index is 0.142. The van der Waals surface area contributed by atoms with Gasteiger partial charge in [-0.1, -0.05) is 0 Å². The summed E-state index contributed by atoms with van der Waals surface area (Å²) in [5.74, 6) is 0.960. The number of hydrogen-bond donors (Lipinski definition) is 0. The van der Waals surface area contributed by atoms with Crippen LogP contribution in [0.15, 0.2) is 35.7 Å². The fourth-order valence-corrected chi connectivity index (χ4v) is 5.04. The van der Waals surface area contributed by atoms with Crippen molar-refractivity contribution in [2.24, 2.45) is 0 Å². The first-order valence-corrected chi connectivity index (χ1v) is 10.8. The van der Waals surface area contributed by atoms with Gasteiger partial charge in [0.15, 0.2) is 0 Å². The molecule has 1 saturated heterocycles. The Balaban J connectivity index is 1.32. The summed E-state index contributed by atoms with van der Waals surface area (Å²) < 4.78 is 5.67. The van der Waals surface area contributed by atoms with Crippen LogP contribution in [0.3, 0.4) is 0 Å². The number of benzene rings is 1. The third-order valence-electron chi connectivity index (χ3n) is 5.58. The fraction of sp³-hybridized carbons (Fsp3) is 0.500. The molecule has 1 fully saturated rings. The van der Waals surface area contributed by atoms with Crippen molar-refractivity contribution in [1.29, 1.82) is 0 Å². The maximum absolute atomic E-state index is 12.8. The smallest absolute Gasteiger partial charge is 0.253 e. The van der Waals surface area contributed by atoms with E-state index in [0.29, 0.717) is 6.04 Å². The molecule has 0 saturated carbocycles. The Morgan fingerprint density at radius 3 is 2.56 bits per heavy atom. The molecule has 5 heteroatoms. The van der Waals surface area contributed by atoms with Crippen molar-refractivity contribution in [3.63, 3.8) is 0 Å². The summed E-state index contributed by atoms with van der Waals surface area (Å²) in [6.45, 7) is 7.94. The highest BCUT2D eigenvalue weighted by Crippen LogP contribution is 2.28. The number of nitrogens with zero attached hydrogens (tertiary/aromatic N) is 2. The highest BCUT2D eigenvalue weighted by atomic mass is 32.1. The number of likely N-dealkylation sites (tertiary alicyclic amines) is 1. The minimum Gasteiger partial charge on any atom is -0.491 e. The Kier molecular flexibility index (Phi) is 5.50. The predicted molar refractivity (Wildman–Crippen MR) is 110 cm³/mol. The van der Waals surface area contributed by atoms with Crippen LogP contribution in [-0.4, -0.2) is 47.5 Å². The van der Waals surface area contributed by atoms with Gasteiger partial charge in [-0.05, 0) is 74.4 Å². The number of amides is 1. The molecule has 0 spiro atoms. The van der Waals surface area contributed by atoms with Gasteiger partial charge in [0.1, 0.15) is 5.75 Å². The van der Waals surface area contributed by atoms with Crippen molar-refractivity contribution in [1.82, 2.24) is 9.80 Å². The normalized spacial score (nSPS) is 18.6. The molecule has 0 bridgehead atoms. The number of thiophene rings is 1. The minimum atomic E-state index is 0.142. The van der Waals surface area contributed by atoms with Crippen molar-refractivity contribution >= 4 is 17.2 Å². The molecular formula is C22H28N2O2S. The van der Waals surface area contributed by atoms with Crippen molar-refractivity contribution in [2.45, 2.75) is 51.8 Å². The Bertz CT molecular complexity index is 776. The average Bonchev–Trinajstić information content (AvgIpc) is 3.15. The highest BCUT2D eigenvalue weighted by Gasteiger charge is 2.29. The van der Waals surface area contributed by atoms with Gasteiger partial charge in [0, 0.05) is 42.7 Å². The van der Waals surface area contributed by atoms with Crippen LogP contribution < -0.4 is 4.74 Å². The molecule has 0 unspecified atom stereocenters. The van der Waals surface area contributed by atoms with E-state index in [1.54, 1.807) is 4.88 Å². The van der Waals surface area contributed by atoms with E-state index in [2.05, 4.69) is 16.3 Å². The Hall–Kier alpha value is -1.85. The number of carbonyl (C=O) groups is 1. The van der Waals surface area contributed by atoms with Crippen LogP contribution in [0, 0.1) is 0 Å². The number of carbonyl (C=O) groups excluding carboxylic acids is 1. The monoisotopic (exact) mass is 384 g/mol. The standard InChI is InChI=1S/C22H28N2O2S/c1-16(2)26-20-5-3-17(4-6-20)22(25)23-11-7-19(8-12-23)24-13-9-21-18(15-24)10-14-27-21/h3-6,10,14,16,19H,7-9,11-13,15H2,1-2H3. The Labute approximate surface area is 165 Å². The Morgan fingerprint density at radius 1 is 1.11 bits per heavy atom. The van der Waals surface area contributed by atoms with E-state index in [4.69, 9.17) is 4.74 Å². The molecule has 1 aromatic carbocycles. The average molecular weight is 385 g/mol. The summed E-state index contributed by atoms with van der Waals surface area (Å²) in [6.07, 6.45) is 3.46. The molecule has 2 aliphatic heterocycles. The predicted octanol–water partition coefficient (Wildman–Crippen LogP) is 4.20. The number of hydrogen-bond acceptors (Lipinski definition) is 4. The molecule has 144 valence electrons. The number of rotatable bonds is 4. The fourth-order valence-electron chi connectivity index (χ4n) is 4.15. The first-order valence-electron chi connectivity index (χ1n) is 9.95. The van der Waals surface area contributed by atoms with Crippen LogP contribution in [0.25, 0.3) is 0 Å². The van der Waals surface area contributed by atoms with Crippen molar-refractivity contribution < 1.29 is 9.53 Å². The first kappa shape index (κ1) is 18.5. The summed E-state index contributed by atoms with van der Waals surface area (Å²) >= 11 is 1.89. The molecule has 1 aromatic heterocycles. The van der Waals surface area contributed by atoms with E-state index in [9.17, 15) is 4.79 Å². The zero-order valence-electron chi connectivity index (χ0n) is 16.2. The van der Waals surface area contributed by atoms with E-state index in [1.165, 1.54) is 12.0 Å². The van der Waals surface area contributed by atoms with Gasteiger partial charge in [-0.15, -0.1) is 11.3 Å². The number of ether oxygens (including phenoxy) is 1. The zero-order valence-corrected chi connectivity index (χ0v) is 17.0. The van der Waals surface area contributed by atoms with Gasteiger partial charge in [0.05, 0.1) is 6.10 Å². The number of fused-ring (bicyclic) bond motifs is 1. The third-order valence-corrected chi connectivity index (χ3v) is 6.60. The van der Waals surface area contributed by atoms with Crippen molar-refractivity contribution in [3.05, 3.63) is 51.7 Å². The summed E-state index contributed by atoms with van der Waals surface area (Å²) in [6, 6.07) is 10.4. The molecule has 0 atom stereocenters. The van der Waals surface area contributed by atoms with Gasteiger partial charge in [-0.25, -0.2) is 0 Å². The lowest BCUT2D eigenvalue weighted by molar-refractivity contribution is 0.0600. The number of piperidine rings is 1. The van der Waals surface area contributed by atoms with Crippen LogP contribution in [0.4, 0.5) is 0 Å². The van der Waals surface area contributed by atoms with Crippen LogP contribution in [-0.2, 0) is 13.0 Å². The third kappa shape index (κ3) is 4.19. The van der Waals surface area contributed by atoms with E-state index >= 15 is 0 Å². The largest absolute Gasteiger partial charge is 0.491 e. The molecule has 1 amide bonds. The molecule has 0 radical (unpaired) electrons. The summed E-state index contributed by atoms with van der Waals surface area (Å²) in [5, 5.41) is 2.22. The summed E-state index contributed by atoms with van der Waals surface area (Å²) in [4.78, 5) is 19.0.